The molecule has 2 rings (SSSR count). The van der Waals surface area contributed by atoms with Crippen molar-refractivity contribution in [3.05, 3.63) is 29.0 Å². The van der Waals surface area contributed by atoms with E-state index >= 15 is 0 Å². The Morgan fingerprint density at radius 1 is 1.47 bits per heavy atom. The Bertz CT molecular complexity index is 419. The third kappa shape index (κ3) is 3.83. The highest BCUT2D eigenvalue weighted by Gasteiger charge is 2.28. The number of hydrogen-bond donors (Lipinski definition) is 1. The number of hydrogen-bond acceptors (Lipinski definition) is 2. The molecule has 19 heavy (non-hydrogen) atoms. The second kappa shape index (κ2) is 6.58. The van der Waals surface area contributed by atoms with Gasteiger partial charge in [0.1, 0.15) is 22.7 Å². The van der Waals surface area contributed by atoms with Gasteiger partial charge in [0.15, 0.2) is 0 Å². The smallest absolute Gasteiger partial charge is 0.145 e. The molecule has 1 aromatic rings. The second-order valence-electron chi connectivity index (χ2n) is 5.59. The van der Waals surface area contributed by atoms with Gasteiger partial charge in [0.25, 0.3) is 0 Å². The summed E-state index contributed by atoms with van der Waals surface area (Å²) >= 11 is 5.96. The van der Waals surface area contributed by atoms with Crippen LogP contribution in [-0.2, 0) is 0 Å². The van der Waals surface area contributed by atoms with Gasteiger partial charge >= 0.3 is 0 Å². The van der Waals surface area contributed by atoms with Crippen LogP contribution >= 0.6 is 11.6 Å². The molecule has 0 aromatic heterocycles. The predicted octanol–water partition coefficient (Wildman–Crippen LogP) is 3.88. The molecule has 0 amide bonds. The van der Waals surface area contributed by atoms with Crippen LogP contribution in [0.5, 0.6) is 5.75 Å². The van der Waals surface area contributed by atoms with E-state index in [4.69, 9.17) is 16.3 Å². The second-order valence-corrected chi connectivity index (χ2v) is 5.97. The first-order valence-electron chi connectivity index (χ1n) is 6.89. The first-order valence-corrected chi connectivity index (χ1v) is 7.27. The normalized spacial score (nSPS) is 20.8. The summed E-state index contributed by atoms with van der Waals surface area (Å²) < 4.78 is 19.5. The topological polar surface area (TPSA) is 21.3 Å². The van der Waals surface area contributed by atoms with Crippen LogP contribution in [0.25, 0.3) is 0 Å². The van der Waals surface area contributed by atoms with Crippen LogP contribution in [0.2, 0.25) is 5.02 Å². The van der Waals surface area contributed by atoms with E-state index in [-0.39, 0.29) is 11.1 Å². The quantitative estimate of drug-likeness (QED) is 0.886. The minimum Gasteiger partial charge on any atom is -0.488 e. The summed E-state index contributed by atoms with van der Waals surface area (Å²) in [6.07, 6.45) is 2.15. The number of nitrogens with one attached hydrogen (secondary N) is 1. The third-order valence-electron chi connectivity index (χ3n) is 3.52. The van der Waals surface area contributed by atoms with Crippen molar-refractivity contribution in [3.63, 3.8) is 0 Å². The van der Waals surface area contributed by atoms with Crippen molar-refractivity contribution in [1.82, 2.24) is 5.32 Å². The van der Waals surface area contributed by atoms with Crippen molar-refractivity contribution in [2.24, 2.45) is 11.8 Å². The lowest BCUT2D eigenvalue weighted by Gasteiger charge is -2.26. The summed E-state index contributed by atoms with van der Waals surface area (Å²) in [4.78, 5) is 0. The molecule has 1 heterocycles. The van der Waals surface area contributed by atoms with Gasteiger partial charge in [0, 0.05) is 12.5 Å². The molecule has 0 bridgehead atoms. The van der Waals surface area contributed by atoms with Crippen molar-refractivity contribution in [3.8, 4) is 5.75 Å². The van der Waals surface area contributed by atoms with E-state index in [1.54, 1.807) is 12.1 Å². The summed E-state index contributed by atoms with van der Waals surface area (Å²) in [7, 11) is 0. The molecular weight excluding hydrogens is 265 g/mol. The van der Waals surface area contributed by atoms with Crippen molar-refractivity contribution < 1.29 is 9.13 Å². The van der Waals surface area contributed by atoms with Gasteiger partial charge in [-0.2, -0.15) is 0 Å². The Morgan fingerprint density at radius 2 is 2.26 bits per heavy atom. The lowest BCUT2D eigenvalue weighted by atomic mass is 9.93. The van der Waals surface area contributed by atoms with Gasteiger partial charge in [-0.05, 0) is 37.4 Å². The average molecular weight is 286 g/mol. The molecule has 0 aliphatic carbocycles. The predicted molar refractivity (Wildman–Crippen MR) is 76.3 cm³/mol. The van der Waals surface area contributed by atoms with Crippen LogP contribution in [0.4, 0.5) is 4.39 Å². The fourth-order valence-corrected chi connectivity index (χ4v) is 2.70. The zero-order valence-electron chi connectivity index (χ0n) is 11.5. The summed E-state index contributed by atoms with van der Waals surface area (Å²) in [5.41, 5.74) is 0. The molecule has 1 N–H and O–H groups in total. The van der Waals surface area contributed by atoms with Gasteiger partial charge in [0.05, 0.1) is 0 Å². The molecule has 1 aliphatic rings. The maximum Gasteiger partial charge on any atom is 0.145 e. The molecular formula is C15H21ClFNO. The SMILES string of the molecule is CC(C)CC(Oc1cccc(F)c1Cl)C1CCNC1. The first-order chi connectivity index (χ1) is 9.08. The molecule has 0 saturated carbocycles. The van der Waals surface area contributed by atoms with Gasteiger partial charge in [-0.1, -0.05) is 31.5 Å². The molecule has 4 heteroatoms. The van der Waals surface area contributed by atoms with Crippen molar-refractivity contribution >= 4 is 11.6 Å². The van der Waals surface area contributed by atoms with Crippen molar-refractivity contribution in [2.45, 2.75) is 32.8 Å². The molecule has 0 spiro atoms. The van der Waals surface area contributed by atoms with Crippen molar-refractivity contribution in [2.75, 3.05) is 13.1 Å². The fourth-order valence-electron chi connectivity index (χ4n) is 2.53. The molecule has 1 fully saturated rings. The molecule has 1 saturated heterocycles. The fraction of sp³-hybridized carbons (Fsp3) is 0.600. The monoisotopic (exact) mass is 285 g/mol. The Kier molecular flexibility index (Phi) is 5.06. The van der Waals surface area contributed by atoms with Gasteiger partial charge < -0.3 is 10.1 Å². The minimum atomic E-state index is -0.424. The highest BCUT2D eigenvalue weighted by molar-refractivity contribution is 6.32. The Labute approximate surface area is 119 Å². The molecule has 1 aromatic carbocycles. The summed E-state index contributed by atoms with van der Waals surface area (Å²) in [6, 6.07) is 4.72. The van der Waals surface area contributed by atoms with E-state index in [9.17, 15) is 4.39 Å². The third-order valence-corrected chi connectivity index (χ3v) is 3.89. The summed E-state index contributed by atoms with van der Waals surface area (Å²) in [5.74, 6) is 1.05. The molecule has 2 unspecified atom stereocenters. The summed E-state index contributed by atoms with van der Waals surface area (Å²) in [5, 5.41) is 3.44. The number of benzene rings is 1. The zero-order chi connectivity index (χ0) is 13.8. The largest absolute Gasteiger partial charge is 0.488 e. The molecule has 0 radical (unpaired) electrons. The van der Waals surface area contributed by atoms with E-state index in [0.717, 1.165) is 25.9 Å². The average Bonchev–Trinajstić information content (AvgIpc) is 2.87. The van der Waals surface area contributed by atoms with Gasteiger partial charge in [-0.15, -0.1) is 0 Å². The van der Waals surface area contributed by atoms with E-state index in [2.05, 4.69) is 19.2 Å². The number of rotatable bonds is 5. The first kappa shape index (κ1) is 14.6. The lowest BCUT2D eigenvalue weighted by Crippen LogP contribution is -2.30. The van der Waals surface area contributed by atoms with Gasteiger partial charge in [-0.3, -0.25) is 0 Å². The highest BCUT2D eigenvalue weighted by atomic mass is 35.5. The van der Waals surface area contributed by atoms with E-state index in [1.807, 2.05) is 0 Å². The van der Waals surface area contributed by atoms with Crippen LogP contribution < -0.4 is 10.1 Å². The molecule has 106 valence electrons. The molecule has 2 nitrogen and oxygen atoms in total. The molecule has 1 aliphatic heterocycles. The maximum atomic E-state index is 13.4. The Hall–Kier alpha value is -0.800. The van der Waals surface area contributed by atoms with Gasteiger partial charge in [-0.25, -0.2) is 4.39 Å². The Balaban J connectivity index is 2.12. The van der Waals surface area contributed by atoms with Crippen molar-refractivity contribution in [1.29, 1.82) is 0 Å². The lowest BCUT2D eigenvalue weighted by molar-refractivity contribution is 0.119. The van der Waals surface area contributed by atoms with Crippen LogP contribution in [0.3, 0.4) is 0 Å². The number of ether oxygens (including phenoxy) is 1. The van der Waals surface area contributed by atoms with E-state index < -0.39 is 5.82 Å². The van der Waals surface area contributed by atoms with Crippen LogP contribution in [-0.4, -0.2) is 19.2 Å². The minimum absolute atomic E-state index is 0.0854. The van der Waals surface area contributed by atoms with E-state index in [1.165, 1.54) is 6.07 Å². The van der Waals surface area contributed by atoms with Crippen LogP contribution in [0, 0.1) is 17.7 Å². The van der Waals surface area contributed by atoms with Crippen LogP contribution in [0.1, 0.15) is 26.7 Å². The molecule has 2 atom stereocenters. The zero-order valence-corrected chi connectivity index (χ0v) is 12.2. The summed E-state index contributed by atoms with van der Waals surface area (Å²) in [6.45, 7) is 6.33. The standard InChI is InChI=1S/C15H21ClFNO/c1-10(2)8-14(11-6-7-18-9-11)19-13-5-3-4-12(17)15(13)16/h3-5,10-11,14,18H,6-9H2,1-2H3. The number of halogens is 2. The van der Waals surface area contributed by atoms with E-state index in [0.29, 0.717) is 17.6 Å². The Morgan fingerprint density at radius 3 is 2.89 bits per heavy atom. The maximum absolute atomic E-state index is 13.4. The highest BCUT2D eigenvalue weighted by Crippen LogP contribution is 2.31. The van der Waals surface area contributed by atoms with Crippen LogP contribution in [0.15, 0.2) is 18.2 Å². The van der Waals surface area contributed by atoms with Gasteiger partial charge in [0.2, 0.25) is 0 Å².